The minimum absolute atomic E-state index is 0.000284. The van der Waals surface area contributed by atoms with E-state index in [1.54, 1.807) is 16.2 Å². The van der Waals surface area contributed by atoms with Crippen molar-refractivity contribution in [2.75, 3.05) is 6.54 Å². The zero-order chi connectivity index (χ0) is 14.5. The fourth-order valence-corrected chi connectivity index (χ4v) is 3.01. The second kappa shape index (κ2) is 6.74. The van der Waals surface area contributed by atoms with Gasteiger partial charge in [0.05, 0.1) is 12.5 Å². The first-order valence-electron chi connectivity index (χ1n) is 6.94. The van der Waals surface area contributed by atoms with Crippen molar-refractivity contribution in [1.82, 2.24) is 10.2 Å². The van der Waals surface area contributed by atoms with Gasteiger partial charge in [0.2, 0.25) is 0 Å². The number of hydrogen-bond donors (Lipinski definition) is 2. The van der Waals surface area contributed by atoms with Crippen LogP contribution in [0.5, 0.6) is 0 Å². The van der Waals surface area contributed by atoms with Gasteiger partial charge in [0, 0.05) is 17.5 Å². The summed E-state index contributed by atoms with van der Waals surface area (Å²) >= 11 is 1.62. The number of carbonyl (C=O) groups is 2. The molecule has 0 aliphatic heterocycles. The summed E-state index contributed by atoms with van der Waals surface area (Å²) in [5.74, 6) is -0.867. The van der Waals surface area contributed by atoms with Gasteiger partial charge in [0.1, 0.15) is 0 Å². The first-order chi connectivity index (χ1) is 9.61. The molecule has 5 nitrogen and oxygen atoms in total. The van der Waals surface area contributed by atoms with E-state index in [9.17, 15) is 9.59 Å². The van der Waals surface area contributed by atoms with Crippen LogP contribution in [0.25, 0.3) is 0 Å². The van der Waals surface area contributed by atoms with Gasteiger partial charge in [-0.1, -0.05) is 13.0 Å². The van der Waals surface area contributed by atoms with Gasteiger partial charge in [-0.05, 0) is 30.7 Å². The molecule has 1 fully saturated rings. The second-order valence-corrected chi connectivity index (χ2v) is 5.97. The van der Waals surface area contributed by atoms with Crippen LogP contribution in [0, 0.1) is 0 Å². The molecule has 0 radical (unpaired) electrons. The summed E-state index contributed by atoms with van der Waals surface area (Å²) in [5, 5.41) is 13.8. The summed E-state index contributed by atoms with van der Waals surface area (Å²) in [5.41, 5.74) is 0. The van der Waals surface area contributed by atoms with E-state index in [-0.39, 0.29) is 31.1 Å². The van der Waals surface area contributed by atoms with Gasteiger partial charge >= 0.3 is 12.0 Å². The Morgan fingerprint density at radius 3 is 2.80 bits per heavy atom. The average molecular weight is 296 g/mol. The summed E-state index contributed by atoms with van der Waals surface area (Å²) in [7, 11) is 0. The van der Waals surface area contributed by atoms with Crippen LogP contribution in [-0.4, -0.2) is 34.6 Å². The average Bonchev–Trinajstić information content (AvgIpc) is 3.10. The first kappa shape index (κ1) is 14.8. The number of urea groups is 1. The molecular weight excluding hydrogens is 276 g/mol. The fourth-order valence-electron chi connectivity index (χ4n) is 2.15. The minimum atomic E-state index is -0.867. The Hall–Kier alpha value is -1.56. The number of nitrogens with zero attached hydrogens (tertiary/aromatic N) is 1. The molecule has 2 N–H and O–H groups in total. The lowest BCUT2D eigenvalue weighted by Gasteiger charge is -2.25. The zero-order valence-electron chi connectivity index (χ0n) is 11.5. The van der Waals surface area contributed by atoms with Gasteiger partial charge in [0.25, 0.3) is 0 Å². The summed E-state index contributed by atoms with van der Waals surface area (Å²) in [6.07, 6.45) is 2.77. The lowest BCUT2D eigenvalue weighted by Crippen LogP contribution is -2.43. The topological polar surface area (TPSA) is 69.6 Å². The van der Waals surface area contributed by atoms with Crippen molar-refractivity contribution in [1.29, 1.82) is 0 Å². The molecular formula is C14H20N2O3S. The van der Waals surface area contributed by atoms with Crippen LogP contribution in [0.15, 0.2) is 17.5 Å². The van der Waals surface area contributed by atoms with E-state index >= 15 is 0 Å². The number of thiophene rings is 1. The van der Waals surface area contributed by atoms with Crippen LogP contribution < -0.4 is 5.32 Å². The smallest absolute Gasteiger partial charge is 0.318 e. The second-order valence-electron chi connectivity index (χ2n) is 4.99. The van der Waals surface area contributed by atoms with Crippen LogP contribution in [0.1, 0.15) is 43.5 Å². The van der Waals surface area contributed by atoms with Crippen molar-refractivity contribution in [3.05, 3.63) is 22.4 Å². The number of carboxylic acids is 1. The number of aliphatic carboxylic acids is 1. The quantitative estimate of drug-likeness (QED) is 0.813. The van der Waals surface area contributed by atoms with Gasteiger partial charge in [-0.25, -0.2) is 4.79 Å². The van der Waals surface area contributed by atoms with Crippen LogP contribution in [0.2, 0.25) is 0 Å². The molecule has 6 heteroatoms. The van der Waals surface area contributed by atoms with Crippen molar-refractivity contribution in [2.24, 2.45) is 0 Å². The van der Waals surface area contributed by atoms with Crippen LogP contribution in [0.4, 0.5) is 4.79 Å². The Bertz CT molecular complexity index is 457. The van der Waals surface area contributed by atoms with Crippen molar-refractivity contribution in [3.63, 3.8) is 0 Å². The number of hydrogen-bond acceptors (Lipinski definition) is 3. The summed E-state index contributed by atoms with van der Waals surface area (Å²) in [6.45, 7) is 2.32. The molecule has 1 saturated carbocycles. The third kappa shape index (κ3) is 3.96. The molecule has 20 heavy (non-hydrogen) atoms. The molecule has 0 spiro atoms. The molecule has 1 unspecified atom stereocenters. The van der Waals surface area contributed by atoms with Gasteiger partial charge in [-0.3, -0.25) is 4.79 Å². The fraction of sp³-hybridized carbons (Fsp3) is 0.571. The van der Waals surface area contributed by atoms with E-state index in [0.29, 0.717) is 0 Å². The number of rotatable bonds is 7. The highest BCUT2D eigenvalue weighted by atomic mass is 32.1. The molecule has 110 valence electrons. The zero-order valence-corrected chi connectivity index (χ0v) is 12.4. The maximum atomic E-state index is 12.3. The van der Waals surface area contributed by atoms with Crippen LogP contribution >= 0.6 is 11.3 Å². The maximum Gasteiger partial charge on any atom is 0.318 e. The molecule has 2 amide bonds. The van der Waals surface area contributed by atoms with Gasteiger partial charge < -0.3 is 15.3 Å². The maximum absolute atomic E-state index is 12.3. The number of nitrogens with one attached hydrogen (secondary N) is 1. The highest BCUT2D eigenvalue weighted by Crippen LogP contribution is 2.28. The monoisotopic (exact) mass is 296 g/mol. The van der Waals surface area contributed by atoms with E-state index in [0.717, 1.165) is 24.1 Å². The minimum Gasteiger partial charge on any atom is -0.481 e. The first-order valence-corrected chi connectivity index (χ1v) is 7.82. The molecule has 1 atom stereocenters. The molecule has 1 aliphatic carbocycles. The Labute approximate surface area is 122 Å². The van der Waals surface area contributed by atoms with Crippen molar-refractivity contribution < 1.29 is 14.7 Å². The molecule has 1 heterocycles. The number of amides is 2. The number of carboxylic acid groups (broad SMARTS) is 1. The van der Waals surface area contributed by atoms with Crippen molar-refractivity contribution in [3.8, 4) is 0 Å². The van der Waals surface area contributed by atoms with E-state index in [4.69, 9.17) is 5.11 Å². The van der Waals surface area contributed by atoms with E-state index < -0.39 is 5.97 Å². The third-order valence-corrected chi connectivity index (χ3v) is 4.39. The molecule has 2 rings (SSSR count). The molecule has 0 aromatic carbocycles. The van der Waals surface area contributed by atoms with E-state index in [2.05, 4.69) is 5.32 Å². The molecule has 1 aromatic heterocycles. The molecule has 1 aliphatic rings. The largest absolute Gasteiger partial charge is 0.481 e. The summed E-state index contributed by atoms with van der Waals surface area (Å²) in [6, 6.07) is 4.06. The van der Waals surface area contributed by atoms with Gasteiger partial charge in [-0.2, -0.15) is 0 Å². The normalized spacial score (nSPS) is 15.7. The van der Waals surface area contributed by atoms with E-state index in [1.807, 2.05) is 24.4 Å². The van der Waals surface area contributed by atoms with Gasteiger partial charge in [-0.15, -0.1) is 11.3 Å². The van der Waals surface area contributed by atoms with Gasteiger partial charge in [0.15, 0.2) is 0 Å². The SMILES string of the molecule is CCC(NC(=O)N(CCC(=O)O)C1CC1)c1cccs1. The predicted molar refractivity (Wildman–Crippen MR) is 77.9 cm³/mol. The molecule has 1 aromatic rings. The Morgan fingerprint density at radius 2 is 2.30 bits per heavy atom. The summed E-state index contributed by atoms with van der Waals surface area (Å²) < 4.78 is 0. The molecule has 0 bridgehead atoms. The standard InChI is InChI=1S/C14H20N2O3S/c1-2-11(12-4-3-9-20-12)15-14(19)16(10-5-6-10)8-7-13(17)18/h3-4,9-11H,2,5-8H2,1H3,(H,15,19)(H,17,18). The lowest BCUT2D eigenvalue weighted by molar-refractivity contribution is -0.137. The van der Waals surface area contributed by atoms with Crippen LogP contribution in [-0.2, 0) is 4.79 Å². The van der Waals surface area contributed by atoms with Crippen LogP contribution in [0.3, 0.4) is 0 Å². The third-order valence-electron chi connectivity index (χ3n) is 3.41. The Kier molecular flexibility index (Phi) is 5.00. The van der Waals surface area contributed by atoms with Crippen molar-refractivity contribution >= 4 is 23.3 Å². The highest BCUT2D eigenvalue weighted by Gasteiger charge is 2.33. The highest BCUT2D eigenvalue weighted by molar-refractivity contribution is 7.10. The predicted octanol–water partition coefficient (Wildman–Crippen LogP) is 2.85. The summed E-state index contributed by atoms with van der Waals surface area (Å²) in [4.78, 5) is 25.8. The van der Waals surface area contributed by atoms with Crippen molar-refractivity contribution in [2.45, 2.75) is 44.7 Å². The lowest BCUT2D eigenvalue weighted by atomic mass is 10.2. The Morgan fingerprint density at radius 1 is 1.55 bits per heavy atom. The number of carbonyl (C=O) groups excluding carboxylic acids is 1. The Balaban J connectivity index is 1.95. The molecule has 0 saturated heterocycles. The van der Waals surface area contributed by atoms with E-state index in [1.165, 1.54) is 0 Å².